The molecule has 0 aromatic heterocycles. The molecule has 134 valence electrons. The van der Waals surface area contributed by atoms with Gasteiger partial charge in [-0.25, -0.2) is 13.2 Å². The minimum atomic E-state index is -3.34. The van der Waals surface area contributed by atoms with Gasteiger partial charge in [-0.1, -0.05) is 0 Å². The molecule has 8 nitrogen and oxygen atoms in total. The van der Waals surface area contributed by atoms with Crippen molar-refractivity contribution in [3.8, 4) is 11.5 Å². The number of methoxy groups -OCH3 is 2. The summed E-state index contributed by atoms with van der Waals surface area (Å²) in [6.07, 6.45) is 1.06. The van der Waals surface area contributed by atoms with E-state index >= 15 is 0 Å². The summed E-state index contributed by atoms with van der Waals surface area (Å²) in [6.45, 7) is 0. The first kappa shape index (κ1) is 18.4. The van der Waals surface area contributed by atoms with Crippen molar-refractivity contribution in [2.45, 2.75) is 0 Å². The first-order chi connectivity index (χ1) is 11.8. The molecule has 9 heteroatoms. The lowest BCUT2D eigenvalue weighted by Crippen LogP contribution is -2.19. The first-order valence-electron chi connectivity index (χ1n) is 7.18. The number of sulfonamides is 1. The standard InChI is InChI=1S/C16H19N3O5S/c1-23-13-8-9-14(15(10-13)24-2)18-16(20)17-11-4-6-12(7-5-11)19-25(3,21)22/h4-10,19H,1-3H3,(H2,17,18,20). The number of carbonyl (C=O) groups is 1. The Kier molecular flexibility index (Phi) is 5.71. The summed E-state index contributed by atoms with van der Waals surface area (Å²) >= 11 is 0. The zero-order chi connectivity index (χ0) is 18.4. The van der Waals surface area contributed by atoms with E-state index in [-0.39, 0.29) is 0 Å². The summed E-state index contributed by atoms with van der Waals surface area (Å²) in [5.41, 5.74) is 1.39. The van der Waals surface area contributed by atoms with Crippen LogP contribution >= 0.6 is 0 Å². The maximum Gasteiger partial charge on any atom is 0.323 e. The summed E-state index contributed by atoms with van der Waals surface area (Å²) in [6, 6.07) is 10.8. The third kappa shape index (κ3) is 5.57. The molecule has 0 spiro atoms. The number of anilines is 3. The number of carbonyl (C=O) groups excluding carboxylic acids is 1. The Bertz CT molecular complexity index is 851. The van der Waals surface area contributed by atoms with Crippen LogP contribution in [0.2, 0.25) is 0 Å². The van der Waals surface area contributed by atoms with Crippen molar-refractivity contribution in [3.63, 3.8) is 0 Å². The zero-order valence-corrected chi connectivity index (χ0v) is 14.8. The van der Waals surface area contributed by atoms with Crippen LogP contribution in [0.3, 0.4) is 0 Å². The number of hydrogen-bond donors (Lipinski definition) is 3. The van der Waals surface area contributed by atoms with Gasteiger partial charge < -0.3 is 20.1 Å². The predicted octanol–water partition coefficient (Wildman–Crippen LogP) is 2.72. The van der Waals surface area contributed by atoms with E-state index in [0.717, 1.165) is 6.26 Å². The lowest BCUT2D eigenvalue weighted by Gasteiger charge is -2.12. The molecule has 0 aliphatic carbocycles. The maximum absolute atomic E-state index is 12.1. The van der Waals surface area contributed by atoms with Gasteiger partial charge in [0, 0.05) is 17.4 Å². The van der Waals surface area contributed by atoms with Gasteiger partial charge in [0.2, 0.25) is 10.0 Å². The number of urea groups is 1. The molecule has 0 aliphatic rings. The normalized spacial score (nSPS) is 10.7. The third-order valence-corrected chi connectivity index (χ3v) is 3.71. The van der Waals surface area contributed by atoms with Crippen LogP contribution in [0.15, 0.2) is 42.5 Å². The molecular formula is C16H19N3O5S. The van der Waals surface area contributed by atoms with Crippen molar-refractivity contribution in [1.82, 2.24) is 0 Å². The van der Waals surface area contributed by atoms with Gasteiger partial charge >= 0.3 is 6.03 Å². The van der Waals surface area contributed by atoms with Crippen molar-refractivity contribution in [2.75, 3.05) is 35.8 Å². The Labute approximate surface area is 146 Å². The van der Waals surface area contributed by atoms with Crippen molar-refractivity contribution in [1.29, 1.82) is 0 Å². The van der Waals surface area contributed by atoms with Gasteiger partial charge in [0.1, 0.15) is 11.5 Å². The van der Waals surface area contributed by atoms with Crippen LogP contribution in [0.4, 0.5) is 21.9 Å². The highest BCUT2D eigenvalue weighted by Gasteiger charge is 2.09. The molecule has 3 N–H and O–H groups in total. The molecule has 0 unspecified atom stereocenters. The molecule has 2 rings (SSSR count). The van der Waals surface area contributed by atoms with E-state index in [1.165, 1.54) is 14.2 Å². The second-order valence-corrected chi connectivity index (χ2v) is 6.85. The maximum atomic E-state index is 12.1. The van der Waals surface area contributed by atoms with E-state index in [2.05, 4.69) is 15.4 Å². The van der Waals surface area contributed by atoms with E-state index in [0.29, 0.717) is 28.6 Å². The lowest BCUT2D eigenvalue weighted by molar-refractivity contribution is 0.262. The minimum absolute atomic E-state index is 0.408. The molecule has 0 radical (unpaired) electrons. The van der Waals surface area contributed by atoms with Gasteiger partial charge in [-0.3, -0.25) is 4.72 Å². The monoisotopic (exact) mass is 365 g/mol. The highest BCUT2D eigenvalue weighted by atomic mass is 32.2. The summed E-state index contributed by atoms with van der Waals surface area (Å²) in [5.74, 6) is 1.07. The number of hydrogen-bond acceptors (Lipinski definition) is 5. The number of nitrogens with one attached hydrogen (secondary N) is 3. The van der Waals surface area contributed by atoms with Gasteiger partial charge in [0.05, 0.1) is 26.2 Å². The van der Waals surface area contributed by atoms with Crippen LogP contribution in [0, 0.1) is 0 Å². The molecule has 25 heavy (non-hydrogen) atoms. The van der Waals surface area contributed by atoms with Gasteiger partial charge in [-0.05, 0) is 36.4 Å². The fourth-order valence-corrected chi connectivity index (χ4v) is 2.59. The molecule has 0 fully saturated rings. The van der Waals surface area contributed by atoms with E-state index in [1.807, 2.05) is 0 Å². The van der Waals surface area contributed by atoms with Crippen LogP contribution < -0.4 is 24.8 Å². The van der Waals surface area contributed by atoms with Crippen molar-refractivity contribution in [3.05, 3.63) is 42.5 Å². The fraction of sp³-hybridized carbons (Fsp3) is 0.188. The molecule has 0 atom stereocenters. The summed E-state index contributed by atoms with van der Waals surface area (Å²) in [5, 5.41) is 5.32. The summed E-state index contributed by atoms with van der Waals surface area (Å²) in [4.78, 5) is 12.1. The Morgan fingerprint density at radius 1 is 0.920 bits per heavy atom. The number of benzene rings is 2. The van der Waals surface area contributed by atoms with Gasteiger partial charge in [-0.15, -0.1) is 0 Å². The highest BCUT2D eigenvalue weighted by molar-refractivity contribution is 7.92. The molecule has 2 amide bonds. The molecule has 0 bridgehead atoms. The van der Waals surface area contributed by atoms with Crippen molar-refractivity contribution >= 4 is 33.1 Å². The van der Waals surface area contributed by atoms with Crippen LogP contribution in [-0.2, 0) is 10.0 Å². The Morgan fingerprint density at radius 2 is 1.56 bits per heavy atom. The van der Waals surface area contributed by atoms with Gasteiger partial charge in [0.15, 0.2) is 0 Å². The van der Waals surface area contributed by atoms with Crippen LogP contribution in [0.25, 0.3) is 0 Å². The topological polar surface area (TPSA) is 106 Å². The molecule has 0 heterocycles. The van der Waals surface area contributed by atoms with Crippen molar-refractivity contribution in [2.24, 2.45) is 0 Å². The predicted molar refractivity (Wildman–Crippen MR) is 97.1 cm³/mol. The molecule has 0 aliphatic heterocycles. The lowest BCUT2D eigenvalue weighted by atomic mass is 10.2. The Morgan fingerprint density at radius 3 is 2.12 bits per heavy atom. The first-order valence-corrected chi connectivity index (χ1v) is 9.08. The Hall–Kier alpha value is -2.94. The largest absolute Gasteiger partial charge is 0.497 e. The van der Waals surface area contributed by atoms with E-state index in [1.54, 1.807) is 42.5 Å². The molecule has 2 aromatic rings. The van der Waals surface area contributed by atoms with E-state index in [4.69, 9.17) is 9.47 Å². The molecular weight excluding hydrogens is 346 g/mol. The molecule has 0 saturated heterocycles. The quantitative estimate of drug-likeness (QED) is 0.730. The Balaban J connectivity index is 2.03. The molecule has 0 saturated carbocycles. The zero-order valence-electron chi connectivity index (χ0n) is 14.0. The average molecular weight is 365 g/mol. The smallest absolute Gasteiger partial charge is 0.323 e. The SMILES string of the molecule is COc1ccc(NC(=O)Nc2ccc(NS(C)(=O)=O)cc2)c(OC)c1. The van der Waals surface area contributed by atoms with Crippen LogP contribution in [0.5, 0.6) is 11.5 Å². The summed E-state index contributed by atoms with van der Waals surface area (Å²) < 4.78 is 35.0. The second kappa shape index (κ2) is 7.75. The van der Waals surface area contributed by atoms with Crippen LogP contribution in [-0.4, -0.2) is 34.9 Å². The third-order valence-electron chi connectivity index (χ3n) is 3.10. The van der Waals surface area contributed by atoms with Gasteiger partial charge in [-0.2, -0.15) is 0 Å². The average Bonchev–Trinajstić information content (AvgIpc) is 2.55. The highest BCUT2D eigenvalue weighted by Crippen LogP contribution is 2.29. The van der Waals surface area contributed by atoms with Gasteiger partial charge in [0.25, 0.3) is 0 Å². The second-order valence-electron chi connectivity index (χ2n) is 5.10. The number of amides is 2. The number of ether oxygens (including phenoxy) is 2. The number of rotatable bonds is 6. The van der Waals surface area contributed by atoms with Crippen LogP contribution in [0.1, 0.15) is 0 Å². The molecule has 2 aromatic carbocycles. The minimum Gasteiger partial charge on any atom is -0.497 e. The van der Waals surface area contributed by atoms with E-state index in [9.17, 15) is 13.2 Å². The van der Waals surface area contributed by atoms with E-state index < -0.39 is 16.1 Å². The summed E-state index contributed by atoms with van der Waals surface area (Å²) in [7, 11) is -0.311. The van der Waals surface area contributed by atoms with Crippen molar-refractivity contribution < 1.29 is 22.7 Å². The fourth-order valence-electron chi connectivity index (χ4n) is 2.02.